The fraction of sp³-hybridized carbons (Fsp3) is 0.200. The van der Waals surface area contributed by atoms with E-state index in [1.807, 2.05) is 37.3 Å². The first-order valence-electron chi connectivity index (χ1n) is 6.00. The fourth-order valence-electron chi connectivity index (χ4n) is 1.85. The Hall–Kier alpha value is -1.26. The van der Waals surface area contributed by atoms with Gasteiger partial charge in [-0.15, -0.1) is 0 Å². The van der Waals surface area contributed by atoms with Gasteiger partial charge in [-0.2, -0.15) is 0 Å². The number of benzene rings is 2. The molecule has 0 aromatic heterocycles. The third-order valence-electron chi connectivity index (χ3n) is 3.02. The van der Waals surface area contributed by atoms with Crippen molar-refractivity contribution in [2.45, 2.75) is 19.5 Å². The first kappa shape index (κ1) is 14.2. The summed E-state index contributed by atoms with van der Waals surface area (Å²) in [5.74, 6) is -1.08. The second-order valence-electron chi connectivity index (χ2n) is 4.34. The topological polar surface area (TPSA) is 12.0 Å². The molecular formula is C15H14BrF2N. The van der Waals surface area contributed by atoms with Crippen LogP contribution < -0.4 is 5.32 Å². The third-order valence-corrected chi connectivity index (χ3v) is 3.64. The lowest BCUT2D eigenvalue weighted by molar-refractivity contribution is 0.506. The molecule has 1 nitrogen and oxygen atoms in total. The lowest BCUT2D eigenvalue weighted by Gasteiger charge is -2.15. The van der Waals surface area contributed by atoms with E-state index in [0.29, 0.717) is 0 Å². The molecule has 4 heteroatoms. The molecule has 2 rings (SSSR count). The summed E-state index contributed by atoms with van der Waals surface area (Å²) in [6.45, 7) is 2.11. The van der Waals surface area contributed by atoms with E-state index in [-0.39, 0.29) is 22.6 Å². The van der Waals surface area contributed by atoms with Crippen molar-refractivity contribution in [1.29, 1.82) is 0 Å². The Morgan fingerprint density at radius 3 is 2.47 bits per heavy atom. The summed E-state index contributed by atoms with van der Waals surface area (Å²) >= 11 is 3.06. The van der Waals surface area contributed by atoms with Crippen LogP contribution in [0, 0.1) is 11.6 Å². The SMILES string of the molecule is CC(NCc1c(F)ccc(Br)c1F)c1ccccc1. The van der Waals surface area contributed by atoms with Gasteiger partial charge >= 0.3 is 0 Å². The zero-order chi connectivity index (χ0) is 13.8. The van der Waals surface area contributed by atoms with Crippen LogP contribution in [0.3, 0.4) is 0 Å². The number of hydrogen-bond donors (Lipinski definition) is 1. The van der Waals surface area contributed by atoms with Crippen LogP contribution in [0.4, 0.5) is 8.78 Å². The number of nitrogens with one attached hydrogen (secondary N) is 1. The average molecular weight is 326 g/mol. The molecule has 0 saturated carbocycles. The van der Waals surface area contributed by atoms with Crippen molar-refractivity contribution in [3.05, 3.63) is 69.7 Å². The molecule has 19 heavy (non-hydrogen) atoms. The van der Waals surface area contributed by atoms with Crippen LogP contribution in [-0.2, 0) is 6.54 Å². The lowest BCUT2D eigenvalue weighted by Crippen LogP contribution is -2.19. The summed E-state index contributed by atoms with van der Waals surface area (Å²) in [6, 6.07) is 12.4. The summed E-state index contributed by atoms with van der Waals surface area (Å²) in [5.41, 5.74) is 1.13. The largest absolute Gasteiger partial charge is 0.306 e. The van der Waals surface area contributed by atoms with Crippen LogP contribution in [0.2, 0.25) is 0 Å². The zero-order valence-corrected chi connectivity index (χ0v) is 12.0. The van der Waals surface area contributed by atoms with Gasteiger partial charge in [0, 0.05) is 18.2 Å². The Labute approximate surface area is 119 Å². The first-order valence-corrected chi connectivity index (χ1v) is 6.79. The minimum absolute atomic E-state index is 0.0268. The summed E-state index contributed by atoms with van der Waals surface area (Å²) in [7, 11) is 0. The Bertz CT molecular complexity index is 558. The van der Waals surface area contributed by atoms with Crippen LogP contribution in [-0.4, -0.2) is 0 Å². The van der Waals surface area contributed by atoms with Gasteiger partial charge < -0.3 is 5.32 Å². The Balaban J connectivity index is 2.09. The van der Waals surface area contributed by atoms with Crippen LogP contribution in [0.15, 0.2) is 46.9 Å². The second kappa shape index (κ2) is 6.26. The van der Waals surface area contributed by atoms with Crippen molar-refractivity contribution >= 4 is 15.9 Å². The molecule has 0 aliphatic heterocycles. The van der Waals surface area contributed by atoms with E-state index in [1.54, 1.807) is 0 Å². The molecule has 0 fully saturated rings. The maximum atomic E-state index is 13.8. The Morgan fingerprint density at radius 2 is 1.79 bits per heavy atom. The van der Waals surface area contributed by atoms with Gasteiger partial charge in [-0.05, 0) is 40.5 Å². The first-order chi connectivity index (χ1) is 9.09. The predicted molar refractivity (Wildman–Crippen MR) is 75.8 cm³/mol. The molecule has 0 aliphatic carbocycles. The van der Waals surface area contributed by atoms with Crippen LogP contribution in [0.1, 0.15) is 24.1 Å². The van der Waals surface area contributed by atoms with Gasteiger partial charge in [-0.1, -0.05) is 30.3 Å². The van der Waals surface area contributed by atoms with E-state index in [9.17, 15) is 8.78 Å². The molecule has 1 atom stereocenters. The molecule has 0 amide bonds. The van der Waals surface area contributed by atoms with Crippen molar-refractivity contribution in [2.75, 3.05) is 0 Å². The highest BCUT2D eigenvalue weighted by Gasteiger charge is 2.13. The van der Waals surface area contributed by atoms with Crippen molar-refractivity contribution in [1.82, 2.24) is 5.32 Å². The van der Waals surface area contributed by atoms with E-state index in [2.05, 4.69) is 21.2 Å². The van der Waals surface area contributed by atoms with Crippen LogP contribution in [0.25, 0.3) is 0 Å². The van der Waals surface area contributed by atoms with E-state index < -0.39 is 11.6 Å². The lowest BCUT2D eigenvalue weighted by atomic mass is 10.1. The van der Waals surface area contributed by atoms with Gasteiger partial charge in [0.15, 0.2) is 0 Å². The van der Waals surface area contributed by atoms with Gasteiger partial charge in [-0.25, -0.2) is 8.78 Å². The highest BCUT2D eigenvalue weighted by molar-refractivity contribution is 9.10. The molecule has 100 valence electrons. The molecule has 0 heterocycles. The third kappa shape index (κ3) is 3.39. The molecule has 0 saturated heterocycles. The van der Waals surface area contributed by atoms with Crippen molar-refractivity contribution in [2.24, 2.45) is 0 Å². The molecule has 1 unspecified atom stereocenters. The summed E-state index contributed by atoms with van der Waals surface area (Å²) in [6.07, 6.45) is 0. The van der Waals surface area contributed by atoms with Gasteiger partial charge in [0.1, 0.15) is 11.6 Å². The van der Waals surface area contributed by atoms with Gasteiger partial charge in [-0.3, -0.25) is 0 Å². The van der Waals surface area contributed by atoms with E-state index in [4.69, 9.17) is 0 Å². The van der Waals surface area contributed by atoms with Crippen molar-refractivity contribution < 1.29 is 8.78 Å². The fourth-order valence-corrected chi connectivity index (χ4v) is 2.22. The number of halogens is 3. The second-order valence-corrected chi connectivity index (χ2v) is 5.19. The van der Waals surface area contributed by atoms with Crippen LogP contribution in [0.5, 0.6) is 0 Å². The maximum Gasteiger partial charge on any atom is 0.144 e. The molecule has 0 radical (unpaired) electrons. The monoisotopic (exact) mass is 325 g/mol. The molecule has 0 spiro atoms. The normalized spacial score (nSPS) is 12.4. The van der Waals surface area contributed by atoms with Crippen LogP contribution >= 0.6 is 15.9 Å². The molecule has 2 aromatic carbocycles. The Morgan fingerprint density at radius 1 is 1.11 bits per heavy atom. The van der Waals surface area contributed by atoms with Gasteiger partial charge in [0.25, 0.3) is 0 Å². The average Bonchev–Trinajstić information content (AvgIpc) is 2.44. The summed E-state index contributed by atoms with van der Waals surface area (Å²) in [4.78, 5) is 0. The molecule has 0 aliphatic rings. The quantitative estimate of drug-likeness (QED) is 0.811. The minimum atomic E-state index is -0.548. The number of rotatable bonds is 4. The highest BCUT2D eigenvalue weighted by Crippen LogP contribution is 2.22. The smallest absolute Gasteiger partial charge is 0.144 e. The maximum absolute atomic E-state index is 13.8. The molecule has 0 bridgehead atoms. The predicted octanol–water partition coefficient (Wildman–Crippen LogP) is 4.58. The summed E-state index contributed by atoms with van der Waals surface area (Å²) < 4.78 is 27.6. The Kier molecular flexibility index (Phi) is 4.66. The van der Waals surface area contributed by atoms with Crippen molar-refractivity contribution in [3.63, 3.8) is 0 Å². The van der Waals surface area contributed by atoms with Crippen molar-refractivity contribution in [3.8, 4) is 0 Å². The number of hydrogen-bond acceptors (Lipinski definition) is 1. The molecule has 1 N–H and O–H groups in total. The zero-order valence-electron chi connectivity index (χ0n) is 10.5. The van der Waals surface area contributed by atoms with Gasteiger partial charge in [0.2, 0.25) is 0 Å². The minimum Gasteiger partial charge on any atom is -0.306 e. The van der Waals surface area contributed by atoms with E-state index in [0.717, 1.165) is 5.56 Å². The van der Waals surface area contributed by atoms with E-state index >= 15 is 0 Å². The molecule has 2 aromatic rings. The summed E-state index contributed by atoms with van der Waals surface area (Å²) in [5, 5.41) is 3.12. The molecular weight excluding hydrogens is 312 g/mol. The van der Waals surface area contributed by atoms with E-state index in [1.165, 1.54) is 12.1 Å². The van der Waals surface area contributed by atoms with Gasteiger partial charge in [0.05, 0.1) is 4.47 Å². The highest BCUT2D eigenvalue weighted by atomic mass is 79.9. The standard InChI is InChI=1S/C15H14BrF2N/c1-10(11-5-3-2-4-6-11)19-9-12-14(17)8-7-13(16)15(12)18/h2-8,10,19H,9H2,1H3.